The fourth-order valence-electron chi connectivity index (χ4n) is 5.10. The summed E-state index contributed by atoms with van der Waals surface area (Å²) in [7, 11) is 0. The third-order valence-corrected chi connectivity index (χ3v) is 7.24. The van der Waals surface area contributed by atoms with Gasteiger partial charge in [-0.05, 0) is 37.1 Å². The second-order valence-electron chi connectivity index (χ2n) is 9.52. The summed E-state index contributed by atoms with van der Waals surface area (Å²) in [5.41, 5.74) is 2.83. The zero-order valence-corrected chi connectivity index (χ0v) is 20.1. The van der Waals surface area contributed by atoms with E-state index in [1.165, 1.54) is 25.7 Å². The molecule has 3 heterocycles. The Morgan fingerprint density at radius 1 is 1.00 bits per heavy atom. The molecule has 2 fully saturated rings. The minimum atomic E-state index is 0.206. The Hall–Kier alpha value is -3.00. The normalized spacial score (nSPS) is 18.2. The molecule has 1 saturated heterocycles. The van der Waals surface area contributed by atoms with Gasteiger partial charge in [-0.3, -0.25) is 4.79 Å². The van der Waals surface area contributed by atoms with Gasteiger partial charge in [0, 0.05) is 38.1 Å². The van der Waals surface area contributed by atoms with E-state index in [2.05, 4.69) is 31.9 Å². The van der Waals surface area contributed by atoms with E-state index in [9.17, 15) is 4.79 Å². The van der Waals surface area contributed by atoms with Gasteiger partial charge in [-0.1, -0.05) is 44.7 Å². The number of hydrogen-bond donors (Lipinski definition) is 1. The Morgan fingerprint density at radius 2 is 1.74 bits per heavy atom. The molecule has 1 saturated carbocycles. The Morgan fingerprint density at radius 3 is 2.44 bits per heavy atom. The summed E-state index contributed by atoms with van der Waals surface area (Å²) < 4.78 is 2.10. The highest BCUT2D eigenvalue weighted by atomic mass is 16.2. The van der Waals surface area contributed by atoms with Gasteiger partial charge in [-0.25, -0.2) is 9.67 Å². The van der Waals surface area contributed by atoms with E-state index in [4.69, 9.17) is 4.98 Å². The zero-order valence-electron chi connectivity index (χ0n) is 20.1. The summed E-state index contributed by atoms with van der Waals surface area (Å²) in [4.78, 5) is 26.3. The highest BCUT2D eigenvalue weighted by Gasteiger charge is 2.20. The van der Waals surface area contributed by atoms with Gasteiger partial charge in [0.2, 0.25) is 11.9 Å². The summed E-state index contributed by atoms with van der Waals surface area (Å²) in [6.45, 7) is 6.80. The maximum Gasteiger partial charge on any atom is 0.229 e. The van der Waals surface area contributed by atoms with Crippen molar-refractivity contribution in [2.24, 2.45) is 0 Å². The lowest BCUT2D eigenvalue weighted by molar-refractivity contribution is -0.132. The molecule has 2 aliphatic rings. The number of rotatable bonds is 6. The van der Waals surface area contributed by atoms with Crippen LogP contribution in [0.3, 0.4) is 0 Å². The van der Waals surface area contributed by atoms with E-state index in [1.807, 2.05) is 41.6 Å². The molecule has 8 nitrogen and oxygen atoms in total. The molecule has 34 heavy (non-hydrogen) atoms. The number of benzene rings is 1. The van der Waals surface area contributed by atoms with Crippen molar-refractivity contribution in [3.8, 4) is 0 Å². The molecule has 2 aromatic heterocycles. The van der Waals surface area contributed by atoms with Crippen molar-refractivity contribution in [2.45, 2.75) is 57.9 Å². The highest BCUT2D eigenvalue weighted by Crippen LogP contribution is 2.29. The van der Waals surface area contributed by atoms with E-state index in [0.29, 0.717) is 18.4 Å². The van der Waals surface area contributed by atoms with Crippen molar-refractivity contribution < 1.29 is 4.79 Å². The molecule has 1 aliphatic heterocycles. The number of fused-ring (bicyclic) bond motifs is 1. The van der Waals surface area contributed by atoms with Crippen molar-refractivity contribution in [3.63, 3.8) is 0 Å². The van der Waals surface area contributed by atoms with Crippen molar-refractivity contribution in [2.75, 3.05) is 38.0 Å². The fourth-order valence-corrected chi connectivity index (χ4v) is 5.10. The van der Waals surface area contributed by atoms with E-state index < -0.39 is 0 Å². The third kappa shape index (κ3) is 5.22. The molecule has 0 unspecified atom stereocenters. The molecule has 8 heteroatoms. The van der Waals surface area contributed by atoms with Gasteiger partial charge in [0.25, 0.3) is 0 Å². The second kappa shape index (κ2) is 10.5. The van der Waals surface area contributed by atoms with Crippen LogP contribution in [-0.4, -0.2) is 68.2 Å². The number of hydrogen-bond acceptors (Lipinski definition) is 6. The maximum atomic E-state index is 12.7. The smallest absolute Gasteiger partial charge is 0.229 e. The van der Waals surface area contributed by atoms with Crippen LogP contribution in [0.5, 0.6) is 0 Å². The summed E-state index contributed by atoms with van der Waals surface area (Å²) in [6.07, 6.45) is 11.6. The van der Waals surface area contributed by atoms with Crippen molar-refractivity contribution in [1.29, 1.82) is 0 Å². The van der Waals surface area contributed by atoms with Gasteiger partial charge in [0.05, 0.1) is 24.0 Å². The molecular weight excluding hydrogens is 426 g/mol. The van der Waals surface area contributed by atoms with Crippen molar-refractivity contribution in [1.82, 2.24) is 29.5 Å². The number of nitrogens with zero attached hydrogens (tertiary/aromatic N) is 6. The Balaban J connectivity index is 1.22. The van der Waals surface area contributed by atoms with E-state index >= 15 is 0 Å². The predicted molar refractivity (Wildman–Crippen MR) is 134 cm³/mol. The number of carbonyl (C=O) groups excluding carboxylic acids is 1. The average Bonchev–Trinajstić information content (AvgIpc) is 3.10. The zero-order chi connectivity index (χ0) is 23.3. The molecule has 0 spiro atoms. The van der Waals surface area contributed by atoms with Gasteiger partial charge >= 0.3 is 0 Å². The monoisotopic (exact) mass is 461 g/mol. The number of carbonyl (C=O) groups is 1. The van der Waals surface area contributed by atoms with Crippen LogP contribution in [0.15, 0.2) is 36.7 Å². The lowest BCUT2D eigenvalue weighted by atomic mass is 10.1. The lowest BCUT2D eigenvalue weighted by Crippen LogP contribution is -2.48. The number of likely N-dealkylation sites (N-methyl/N-ethyl adjacent to an activating group) is 1. The van der Waals surface area contributed by atoms with Crippen molar-refractivity contribution >= 4 is 28.6 Å². The summed E-state index contributed by atoms with van der Waals surface area (Å²) in [5.74, 6) is 0.775. The molecule has 1 aromatic carbocycles. The summed E-state index contributed by atoms with van der Waals surface area (Å²) >= 11 is 0. The third-order valence-electron chi connectivity index (χ3n) is 7.24. The van der Waals surface area contributed by atoms with E-state index in [0.717, 1.165) is 67.8 Å². The number of nitrogens with one attached hydrogen (secondary N) is 1. The maximum absolute atomic E-state index is 12.7. The number of anilines is 2. The van der Waals surface area contributed by atoms with Gasteiger partial charge < -0.3 is 15.1 Å². The Labute approximate surface area is 201 Å². The average molecular weight is 462 g/mol. The SMILES string of the molecule is CCN1CCN(C(=O)Cc2ccc(Nc3ncc4cnn(C5CCCCCC5)c4n3)cc2)CC1. The molecule has 1 aliphatic carbocycles. The Kier molecular flexibility index (Phi) is 7.04. The number of aromatic nitrogens is 4. The molecular formula is C26H35N7O. The van der Waals surface area contributed by atoms with Crippen LogP contribution in [0.2, 0.25) is 0 Å². The van der Waals surface area contributed by atoms with Crippen LogP contribution >= 0.6 is 0 Å². The van der Waals surface area contributed by atoms with Gasteiger partial charge in [-0.2, -0.15) is 10.1 Å². The van der Waals surface area contributed by atoms with Crippen LogP contribution in [0.25, 0.3) is 11.0 Å². The van der Waals surface area contributed by atoms with E-state index in [-0.39, 0.29) is 5.91 Å². The Bertz CT molecular complexity index is 1090. The molecule has 5 rings (SSSR count). The summed E-state index contributed by atoms with van der Waals surface area (Å²) in [6, 6.07) is 8.43. The van der Waals surface area contributed by atoms with Gasteiger partial charge in [0.1, 0.15) is 0 Å². The van der Waals surface area contributed by atoms with Crippen LogP contribution in [0.4, 0.5) is 11.6 Å². The highest BCUT2D eigenvalue weighted by molar-refractivity contribution is 5.79. The lowest BCUT2D eigenvalue weighted by Gasteiger charge is -2.34. The molecule has 3 aromatic rings. The van der Waals surface area contributed by atoms with Gasteiger partial charge in [-0.15, -0.1) is 0 Å². The molecule has 1 N–H and O–H groups in total. The first-order valence-corrected chi connectivity index (χ1v) is 12.8. The largest absolute Gasteiger partial charge is 0.340 e. The predicted octanol–water partition coefficient (Wildman–Crippen LogP) is 4.17. The first-order valence-electron chi connectivity index (χ1n) is 12.8. The minimum Gasteiger partial charge on any atom is -0.340 e. The van der Waals surface area contributed by atoms with Crippen LogP contribution in [0.1, 0.15) is 57.1 Å². The fraction of sp³-hybridized carbons (Fsp3) is 0.538. The van der Waals surface area contributed by atoms with Crippen molar-refractivity contribution in [3.05, 3.63) is 42.2 Å². The first kappa shape index (κ1) is 22.8. The minimum absolute atomic E-state index is 0.206. The molecule has 0 bridgehead atoms. The van der Waals surface area contributed by atoms with Crippen LogP contribution < -0.4 is 5.32 Å². The first-order chi connectivity index (χ1) is 16.7. The van der Waals surface area contributed by atoms with Gasteiger partial charge in [0.15, 0.2) is 5.65 Å². The number of piperazine rings is 1. The topological polar surface area (TPSA) is 79.2 Å². The standard InChI is InChI=1S/C26H35N7O/c1-2-31-13-15-32(16-14-31)24(34)17-20-9-11-22(12-10-20)29-26-27-18-21-19-28-33(25(21)30-26)23-7-5-3-4-6-8-23/h9-12,18-19,23H,2-8,13-17H2,1H3,(H,27,29,30). The quantitative estimate of drug-likeness (QED) is 0.555. The summed E-state index contributed by atoms with van der Waals surface area (Å²) in [5, 5.41) is 8.94. The van der Waals surface area contributed by atoms with E-state index in [1.54, 1.807) is 0 Å². The molecule has 1 amide bonds. The van der Waals surface area contributed by atoms with Crippen LogP contribution in [-0.2, 0) is 11.2 Å². The molecule has 0 atom stereocenters. The molecule has 0 radical (unpaired) electrons. The molecule has 180 valence electrons. The second-order valence-corrected chi connectivity index (χ2v) is 9.52. The van der Waals surface area contributed by atoms with Crippen LogP contribution in [0, 0.1) is 0 Å². The number of amides is 1.